The second kappa shape index (κ2) is 5.07. The summed E-state index contributed by atoms with van der Waals surface area (Å²) >= 11 is 0. The van der Waals surface area contributed by atoms with Gasteiger partial charge in [0.15, 0.2) is 0 Å². The number of carboxylic acids is 1. The first-order valence-corrected chi connectivity index (χ1v) is 6.91. The molecule has 1 aliphatic rings. The first-order valence-electron chi connectivity index (χ1n) is 6.91. The maximum Gasteiger partial charge on any atom is 0.335 e. The molecule has 20 heavy (non-hydrogen) atoms. The molecular formula is C15H16N2O3. The predicted molar refractivity (Wildman–Crippen MR) is 73.9 cm³/mol. The Bertz CT molecular complexity index is 669. The normalized spacial score (nSPS) is 16.4. The third-order valence-electron chi connectivity index (χ3n) is 3.99. The minimum absolute atomic E-state index is 0.0697. The standard InChI is InChI=1S/C15H16N2O3/c18-14(10-4-2-1-3-5-10)17-9-16-12-8-11(15(19)20)6-7-13(12)17/h6-10H,1-5H2,(H,19,20). The van der Waals surface area contributed by atoms with Crippen LogP contribution in [0.15, 0.2) is 24.5 Å². The van der Waals surface area contributed by atoms with E-state index in [0.717, 1.165) is 25.7 Å². The van der Waals surface area contributed by atoms with E-state index in [4.69, 9.17) is 5.11 Å². The molecular weight excluding hydrogens is 256 g/mol. The molecule has 1 heterocycles. The zero-order valence-electron chi connectivity index (χ0n) is 11.1. The number of aromatic nitrogens is 2. The van der Waals surface area contributed by atoms with Crippen molar-refractivity contribution in [1.29, 1.82) is 0 Å². The number of carboxylic acid groups (broad SMARTS) is 1. The minimum atomic E-state index is -0.986. The number of nitrogens with zero attached hydrogens (tertiary/aromatic N) is 2. The van der Waals surface area contributed by atoms with Crippen LogP contribution in [-0.2, 0) is 0 Å². The number of rotatable bonds is 2. The third kappa shape index (κ3) is 2.19. The summed E-state index contributed by atoms with van der Waals surface area (Å²) in [6.07, 6.45) is 6.79. The number of fused-ring (bicyclic) bond motifs is 1. The highest BCUT2D eigenvalue weighted by molar-refractivity contribution is 5.96. The maximum absolute atomic E-state index is 12.5. The summed E-state index contributed by atoms with van der Waals surface area (Å²) in [6.45, 7) is 0. The van der Waals surface area contributed by atoms with E-state index in [1.807, 2.05) is 0 Å². The Morgan fingerprint density at radius 3 is 2.65 bits per heavy atom. The lowest BCUT2D eigenvalue weighted by Crippen LogP contribution is -2.23. The summed E-state index contributed by atoms with van der Waals surface area (Å²) < 4.78 is 1.57. The number of hydrogen-bond donors (Lipinski definition) is 1. The fourth-order valence-corrected chi connectivity index (χ4v) is 2.87. The highest BCUT2D eigenvalue weighted by Crippen LogP contribution is 2.26. The Morgan fingerprint density at radius 1 is 1.20 bits per heavy atom. The fourth-order valence-electron chi connectivity index (χ4n) is 2.87. The molecule has 1 fully saturated rings. The van der Waals surface area contributed by atoms with E-state index in [9.17, 15) is 9.59 Å². The molecule has 0 unspecified atom stereocenters. The van der Waals surface area contributed by atoms with Gasteiger partial charge in [0, 0.05) is 5.92 Å². The molecule has 0 bridgehead atoms. The lowest BCUT2D eigenvalue weighted by molar-refractivity contribution is 0.0696. The second-order valence-corrected chi connectivity index (χ2v) is 5.30. The van der Waals surface area contributed by atoms with Crippen molar-refractivity contribution in [1.82, 2.24) is 9.55 Å². The molecule has 2 aromatic rings. The van der Waals surface area contributed by atoms with Gasteiger partial charge in [0.1, 0.15) is 6.33 Å². The van der Waals surface area contributed by atoms with Gasteiger partial charge in [-0.2, -0.15) is 0 Å². The topological polar surface area (TPSA) is 72.2 Å². The van der Waals surface area contributed by atoms with Gasteiger partial charge in [-0.05, 0) is 31.0 Å². The summed E-state index contributed by atoms with van der Waals surface area (Å²) in [5.74, 6) is -0.837. The highest BCUT2D eigenvalue weighted by atomic mass is 16.4. The van der Waals surface area contributed by atoms with E-state index in [1.165, 1.54) is 24.9 Å². The molecule has 0 aliphatic heterocycles. The second-order valence-electron chi connectivity index (χ2n) is 5.30. The third-order valence-corrected chi connectivity index (χ3v) is 3.99. The minimum Gasteiger partial charge on any atom is -0.478 e. The van der Waals surface area contributed by atoms with Gasteiger partial charge in [0.05, 0.1) is 16.6 Å². The van der Waals surface area contributed by atoms with Gasteiger partial charge in [-0.3, -0.25) is 9.36 Å². The molecule has 1 aliphatic carbocycles. The van der Waals surface area contributed by atoms with Crippen molar-refractivity contribution in [3.8, 4) is 0 Å². The Morgan fingerprint density at radius 2 is 1.95 bits per heavy atom. The first kappa shape index (κ1) is 12.8. The van der Waals surface area contributed by atoms with E-state index in [1.54, 1.807) is 10.6 Å². The monoisotopic (exact) mass is 272 g/mol. The Hall–Kier alpha value is -2.17. The zero-order valence-corrected chi connectivity index (χ0v) is 11.1. The van der Waals surface area contributed by atoms with Crippen molar-refractivity contribution < 1.29 is 14.7 Å². The van der Waals surface area contributed by atoms with Crippen LogP contribution >= 0.6 is 0 Å². The van der Waals surface area contributed by atoms with Crippen molar-refractivity contribution in [3.05, 3.63) is 30.1 Å². The lowest BCUT2D eigenvalue weighted by atomic mass is 9.88. The van der Waals surface area contributed by atoms with Crippen molar-refractivity contribution in [2.75, 3.05) is 0 Å². The summed E-state index contributed by atoms with van der Waals surface area (Å²) in [4.78, 5) is 27.6. The van der Waals surface area contributed by atoms with Gasteiger partial charge in [-0.1, -0.05) is 19.3 Å². The van der Waals surface area contributed by atoms with Crippen LogP contribution < -0.4 is 0 Å². The molecule has 0 radical (unpaired) electrons. The quantitative estimate of drug-likeness (QED) is 0.912. The molecule has 1 aromatic heterocycles. The van der Waals surface area contributed by atoms with Gasteiger partial charge in [0.2, 0.25) is 5.91 Å². The molecule has 5 heteroatoms. The van der Waals surface area contributed by atoms with Crippen LogP contribution in [0.3, 0.4) is 0 Å². The summed E-state index contributed by atoms with van der Waals surface area (Å²) in [5.41, 5.74) is 1.42. The molecule has 0 amide bonds. The number of aromatic carboxylic acids is 1. The average Bonchev–Trinajstić information content (AvgIpc) is 2.90. The highest BCUT2D eigenvalue weighted by Gasteiger charge is 2.23. The summed E-state index contributed by atoms with van der Waals surface area (Å²) in [6, 6.07) is 4.67. The molecule has 0 spiro atoms. The number of imidazole rings is 1. The van der Waals surface area contributed by atoms with Crippen LogP contribution in [0.2, 0.25) is 0 Å². The Kier molecular flexibility index (Phi) is 3.26. The molecule has 3 rings (SSSR count). The molecule has 1 N–H and O–H groups in total. The molecule has 0 saturated heterocycles. The molecule has 5 nitrogen and oxygen atoms in total. The van der Waals surface area contributed by atoms with Crippen LogP contribution in [0.25, 0.3) is 11.0 Å². The SMILES string of the molecule is O=C(O)c1ccc2c(c1)ncn2C(=O)C1CCCCC1. The van der Waals surface area contributed by atoms with Crippen molar-refractivity contribution >= 4 is 22.9 Å². The average molecular weight is 272 g/mol. The van der Waals surface area contributed by atoms with E-state index in [0.29, 0.717) is 11.0 Å². The summed E-state index contributed by atoms with van der Waals surface area (Å²) in [7, 11) is 0. The lowest BCUT2D eigenvalue weighted by Gasteiger charge is -2.20. The summed E-state index contributed by atoms with van der Waals surface area (Å²) in [5, 5.41) is 8.96. The van der Waals surface area contributed by atoms with Crippen molar-refractivity contribution in [3.63, 3.8) is 0 Å². The molecule has 1 aromatic carbocycles. The Balaban J connectivity index is 1.95. The van der Waals surface area contributed by atoms with Gasteiger partial charge in [-0.15, -0.1) is 0 Å². The van der Waals surface area contributed by atoms with Crippen molar-refractivity contribution in [2.24, 2.45) is 5.92 Å². The van der Waals surface area contributed by atoms with Crippen LogP contribution in [0.1, 0.15) is 47.3 Å². The maximum atomic E-state index is 12.5. The van der Waals surface area contributed by atoms with E-state index >= 15 is 0 Å². The number of hydrogen-bond acceptors (Lipinski definition) is 3. The van der Waals surface area contributed by atoms with Gasteiger partial charge < -0.3 is 5.11 Å². The zero-order chi connectivity index (χ0) is 14.1. The predicted octanol–water partition coefficient (Wildman–Crippen LogP) is 2.96. The van der Waals surface area contributed by atoms with Crippen LogP contribution in [-0.4, -0.2) is 26.5 Å². The Labute approximate surface area is 116 Å². The fraction of sp³-hybridized carbons (Fsp3) is 0.400. The largest absolute Gasteiger partial charge is 0.478 e. The van der Waals surface area contributed by atoms with E-state index in [-0.39, 0.29) is 17.4 Å². The molecule has 104 valence electrons. The smallest absolute Gasteiger partial charge is 0.335 e. The van der Waals surface area contributed by atoms with E-state index < -0.39 is 5.97 Å². The van der Waals surface area contributed by atoms with Gasteiger partial charge in [0.25, 0.3) is 0 Å². The number of carbonyl (C=O) groups excluding carboxylic acids is 1. The van der Waals surface area contributed by atoms with Crippen LogP contribution in [0.4, 0.5) is 0 Å². The van der Waals surface area contributed by atoms with Crippen LogP contribution in [0, 0.1) is 5.92 Å². The van der Waals surface area contributed by atoms with E-state index in [2.05, 4.69) is 4.98 Å². The number of carbonyl (C=O) groups is 2. The number of benzene rings is 1. The van der Waals surface area contributed by atoms with Crippen LogP contribution in [0.5, 0.6) is 0 Å². The molecule has 1 saturated carbocycles. The molecule has 0 atom stereocenters. The van der Waals surface area contributed by atoms with Gasteiger partial charge in [-0.25, -0.2) is 9.78 Å². The first-order chi connectivity index (χ1) is 9.66. The van der Waals surface area contributed by atoms with Crippen molar-refractivity contribution in [2.45, 2.75) is 32.1 Å². The van der Waals surface area contributed by atoms with Gasteiger partial charge >= 0.3 is 5.97 Å².